The van der Waals surface area contributed by atoms with Crippen LogP contribution in [0, 0.1) is 59.2 Å². The average Bonchev–Trinajstić information content (AvgIpc) is 2.71. The Balaban J connectivity index is 0.000000364. The van der Waals surface area contributed by atoms with Gasteiger partial charge < -0.3 is 0 Å². The molecule has 1 heteroatoms. The fourth-order valence-corrected chi connectivity index (χ4v) is 4.33. The van der Waals surface area contributed by atoms with Gasteiger partial charge in [-0.15, -0.1) is 0 Å². The minimum Gasteiger partial charge on any atom is -0.0620 e. The molecule has 0 aromatic rings. The molecule has 2 rings (SSSR count). The molecule has 2 saturated carbocycles. The van der Waals surface area contributed by atoms with Crippen molar-refractivity contribution >= 4 is 0 Å². The quantitative estimate of drug-likeness (QED) is 0.458. The molecule has 0 aromatic carbocycles. The van der Waals surface area contributed by atoms with Gasteiger partial charge in [0.05, 0.1) is 0 Å². The van der Waals surface area contributed by atoms with Crippen molar-refractivity contribution in [3.63, 3.8) is 0 Å². The van der Waals surface area contributed by atoms with E-state index < -0.39 is 0 Å². The van der Waals surface area contributed by atoms with E-state index in [-0.39, 0.29) is 17.1 Å². The zero-order valence-electron chi connectivity index (χ0n) is 16.0. The van der Waals surface area contributed by atoms with Gasteiger partial charge >= 0.3 is 0 Å². The first-order valence-electron chi connectivity index (χ1n) is 8.78. The van der Waals surface area contributed by atoms with Crippen LogP contribution in [0.4, 0.5) is 0 Å². The molecular weight excluding hydrogens is 296 g/mol. The molecule has 0 spiro atoms. The predicted molar refractivity (Wildman–Crippen MR) is 91.1 cm³/mol. The van der Waals surface area contributed by atoms with E-state index in [1.54, 1.807) is 11.8 Å². The molecule has 2 radical (unpaired) electrons. The fourth-order valence-electron chi connectivity index (χ4n) is 4.33. The van der Waals surface area contributed by atoms with Gasteiger partial charge in [-0.25, -0.2) is 0 Å². The van der Waals surface area contributed by atoms with Crippen molar-refractivity contribution in [3.8, 4) is 0 Å². The van der Waals surface area contributed by atoms with Gasteiger partial charge in [0.15, 0.2) is 0 Å². The summed E-state index contributed by atoms with van der Waals surface area (Å²) in [4.78, 5) is 0. The Hall–Kier alpha value is 0.519. The smallest absolute Gasteiger partial charge is 0 e. The van der Waals surface area contributed by atoms with Crippen LogP contribution in [0.25, 0.3) is 0 Å². The third-order valence-electron chi connectivity index (χ3n) is 7.71. The maximum absolute atomic E-state index is 2.40. The van der Waals surface area contributed by atoms with Gasteiger partial charge in [0.2, 0.25) is 0 Å². The monoisotopic (exact) mass is 334 g/mol. The third-order valence-corrected chi connectivity index (χ3v) is 7.71. The average molecular weight is 334 g/mol. The maximum atomic E-state index is 2.40. The molecule has 21 heavy (non-hydrogen) atoms. The summed E-state index contributed by atoms with van der Waals surface area (Å²) in [5, 5.41) is 0. The van der Waals surface area contributed by atoms with Crippen LogP contribution in [0.15, 0.2) is 0 Å². The first-order valence-corrected chi connectivity index (χ1v) is 8.78. The first kappa shape index (κ1) is 21.5. The molecule has 0 N–H and O–H groups in total. The normalized spacial score (nSPS) is 47.7. The Morgan fingerprint density at radius 3 is 0.714 bits per heavy atom. The van der Waals surface area contributed by atoms with Crippen molar-refractivity contribution in [1.82, 2.24) is 0 Å². The standard InChI is InChI=1S/C10H20.C10H18.Fe/c2*1-6-7(2)9(4)10(5)8(6)3;/h6-10H,1-5H3;6-8H,1-5H3;. The van der Waals surface area contributed by atoms with E-state index in [0.29, 0.717) is 0 Å². The van der Waals surface area contributed by atoms with Gasteiger partial charge in [-0.2, -0.15) is 0 Å². The van der Waals surface area contributed by atoms with Gasteiger partial charge in [0.1, 0.15) is 0 Å². The van der Waals surface area contributed by atoms with Crippen LogP contribution < -0.4 is 0 Å². The second-order valence-corrected chi connectivity index (χ2v) is 8.10. The molecule has 0 amide bonds. The fraction of sp³-hybridized carbons (Fsp3) is 0.900. The molecule has 2 aliphatic carbocycles. The zero-order chi connectivity index (χ0) is 15.8. The Morgan fingerprint density at radius 1 is 0.429 bits per heavy atom. The molecule has 0 nitrogen and oxygen atoms in total. The Bertz CT molecular complexity index is 181. The van der Waals surface area contributed by atoms with Crippen molar-refractivity contribution in [2.24, 2.45) is 47.3 Å². The van der Waals surface area contributed by atoms with E-state index in [4.69, 9.17) is 0 Å². The van der Waals surface area contributed by atoms with E-state index in [1.165, 1.54) is 0 Å². The molecular formula is C20H38Fe. The Labute approximate surface area is 145 Å². The summed E-state index contributed by atoms with van der Waals surface area (Å²) in [5.41, 5.74) is 0. The van der Waals surface area contributed by atoms with E-state index in [1.807, 2.05) is 0 Å². The van der Waals surface area contributed by atoms with E-state index in [9.17, 15) is 0 Å². The largest absolute Gasteiger partial charge is 0.0620 e. The predicted octanol–water partition coefficient (Wildman–Crippen LogP) is 6.28. The maximum Gasteiger partial charge on any atom is 0 e. The Kier molecular flexibility index (Phi) is 8.60. The summed E-state index contributed by atoms with van der Waals surface area (Å²) in [5.74, 6) is 10.4. The summed E-state index contributed by atoms with van der Waals surface area (Å²) in [6.07, 6.45) is 0. The molecule has 0 saturated heterocycles. The second kappa shape index (κ2) is 8.39. The van der Waals surface area contributed by atoms with Crippen molar-refractivity contribution in [1.29, 1.82) is 0 Å². The zero-order valence-corrected chi connectivity index (χ0v) is 17.1. The van der Waals surface area contributed by atoms with Gasteiger partial charge in [0, 0.05) is 17.1 Å². The summed E-state index contributed by atoms with van der Waals surface area (Å²) >= 11 is 0. The minimum atomic E-state index is 0. The van der Waals surface area contributed by atoms with Crippen molar-refractivity contribution < 1.29 is 17.1 Å². The van der Waals surface area contributed by atoms with Gasteiger partial charge in [-0.3, -0.25) is 0 Å². The van der Waals surface area contributed by atoms with Gasteiger partial charge in [-0.05, 0) is 59.2 Å². The van der Waals surface area contributed by atoms with Crippen LogP contribution >= 0.6 is 0 Å². The minimum absolute atomic E-state index is 0. The molecule has 2 fully saturated rings. The third kappa shape index (κ3) is 4.29. The van der Waals surface area contributed by atoms with Crippen molar-refractivity contribution in [3.05, 3.63) is 11.8 Å². The molecule has 0 aromatic heterocycles. The number of hydrogen-bond acceptors (Lipinski definition) is 0. The summed E-state index contributed by atoms with van der Waals surface area (Å²) in [6.45, 7) is 23.6. The van der Waals surface area contributed by atoms with Crippen LogP contribution in [0.1, 0.15) is 69.2 Å². The number of rotatable bonds is 0. The van der Waals surface area contributed by atoms with E-state index in [2.05, 4.69) is 69.2 Å². The van der Waals surface area contributed by atoms with E-state index in [0.717, 1.165) is 47.3 Å². The van der Waals surface area contributed by atoms with Crippen LogP contribution in [-0.4, -0.2) is 0 Å². The molecule has 0 bridgehead atoms. The van der Waals surface area contributed by atoms with Crippen molar-refractivity contribution in [2.45, 2.75) is 69.2 Å². The summed E-state index contributed by atoms with van der Waals surface area (Å²) in [6, 6.07) is 0. The molecule has 0 aliphatic heterocycles. The van der Waals surface area contributed by atoms with E-state index >= 15 is 0 Å². The van der Waals surface area contributed by atoms with Crippen LogP contribution in [0.5, 0.6) is 0 Å². The molecule has 2 unspecified atom stereocenters. The van der Waals surface area contributed by atoms with Gasteiger partial charge in [0.25, 0.3) is 0 Å². The topological polar surface area (TPSA) is 0 Å². The molecule has 2 atom stereocenters. The summed E-state index contributed by atoms with van der Waals surface area (Å²) in [7, 11) is 0. The second-order valence-electron chi connectivity index (χ2n) is 8.10. The van der Waals surface area contributed by atoms with Crippen LogP contribution in [-0.2, 0) is 17.1 Å². The van der Waals surface area contributed by atoms with Crippen molar-refractivity contribution in [2.75, 3.05) is 0 Å². The van der Waals surface area contributed by atoms with Crippen LogP contribution in [0.3, 0.4) is 0 Å². The molecule has 2 aliphatic rings. The first-order chi connectivity index (χ1) is 9.11. The van der Waals surface area contributed by atoms with Gasteiger partial charge in [-0.1, -0.05) is 69.2 Å². The SMILES string of the molecule is CC1C(C)C(C)C(C)C1C.C[C]1[C](C)C(C)C(C)C1C.[Fe]. The summed E-state index contributed by atoms with van der Waals surface area (Å²) < 4.78 is 0. The molecule has 126 valence electrons. The van der Waals surface area contributed by atoms with Crippen LogP contribution in [0.2, 0.25) is 0 Å². The molecule has 0 heterocycles. The number of hydrogen-bond donors (Lipinski definition) is 0. The Morgan fingerprint density at radius 2 is 0.619 bits per heavy atom.